The summed E-state index contributed by atoms with van der Waals surface area (Å²) < 4.78 is 5.72. The van der Waals surface area contributed by atoms with Crippen molar-refractivity contribution < 1.29 is 9.53 Å². The SMILES string of the molecule is CCN(C(=O)c1nc(C)ccc1-c1ncccn1)[C@@H](C)COc1cnc(C)cn1. The van der Waals surface area contributed by atoms with E-state index in [0.29, 0.717) is 36.1 Å². The number of hydrogen-bond donors (Lipinski definition) is 0. The van der Waals surface area contributed by atoms with Crippen molar-refractivity contribution >= 4 is 5.91 Å². The number of likely N-dealkylation sites (N-methyl/N-ethyl adjacent to an activating group) is 1. The molecule has 0 N–H and O–H groups in total. The van der Waals surface area contributed by atoms with Crippen molar-refractivity contribution in [3.8, 4) is 17.3 Å². The van der Waals surface area contributed by atoms with E-state index in [9.17, 15) is 4.79 Å². The Bertz CT molecular complexity index is 963. The third-order valence-electron chi connectivity index (χ3n) is 4.41. The topological polar surface area (TPSA) is 94.0 Å². The number of ether oxygens (including phenoxy) is 1. The molecule has 150 valence electrons. The molecule has 3 aromatic heterocycles. The van der Waals surface area contributed by atoms with Gasteiger partial charge < -0.3 is 9.64 Å². The number of carbonyl (C=O) groups excluding carboxylic acids is 1. The zero-order valence-electron chi connectivity index (χ0n) is 17.0. The van der Waals surface area contributed by atoms with Crippen molar-refractivity contribution in [1.29, 1.82) is 0 Å². The summed E-state index contributed by atoms with van der Waals surface area (Å²) in [6.45, 7) is 8.37. The summed E-state index contributed by atoms with van der Waals surface area (Å²) in [5.74, 6) is 0.709. The maximum Gasteiger partial charge on any atom is 0.273 e. The predicted molar refractivity (Wildman–Crippen MR) is 108 cm³/mol. The zero-order chi connectivity index (χ0) is 20.8. The molecule has 29 heavy (non-hydrogen) atoms. The van der Waals surface area contributed by atoms with Gasteiger partial charge in [-0.25, -0.2) is 19.9 Å². The molecule has 0 saturated carbocycles. The predicted octanol–water partition coefficient (Wildman–Crippen LogP) is 2.88. The summed E-state index contributed by atoms with van der Waals surface area (Å²) >= 11 is 0. The number of amides is 1. The highest BCUT2D eigenvalue weighted by Gasteiger charge is 2.25. The van der Waals surface area contributed by atoms with E-state index in [0.717, 1.165) is 11.4 Å². The number of nitrogens with zero attached hydrogens (tertiary/aromatic N) is 6. The largest absolute Gasteiger partial charge is 0.474 e. The van der Waals surface area contributed by atoms with Crippen LogP contribution in [0.3, 0.4) is 0 Å². The molecule has 0 bridgehead atoms. The molecular formula is C21H24N6O2. The molecule has 0 spiro atoms. The Morgan fingerprint density at radius 3 is 2.48 bits per heavy atom. The lowest BCUT2D eigenvalue weighted by atomic mass is 10.1. The monoisotopic (exact) mass is 392 g/mol. The lowest BCUT2D eigenvalue weighted by Crippen LogP contribution is -2.42. The van der Waals surface area contributed by atoms with Crippen LogP contribution in [0.1, 0.15) is 35.7 Å². The smallest absolute Gasteiger partial charge is 0.273 e. The van der Waals surface area contributed by atoms with Crippen LogP contribution < -0.4 is 4.74 Å². The Labute approximate surface area is 170 Å². The quantitative estimate of drug-likeness (QED) is 0.610. The van der Waals surface area contributed by atoms with Crippen LogP contribution in [0.4, 0.5) is 0 Å². The van der Waals surface area contributed by atoms with Crippen LogP contribution >= 0.6 is 0 Å². The van der Waals surface area contributed by atoms with Gasteiger partial charge in [-0.2, -0.15) is 0 Å². The summed E-state index contributed by atoms with van der Waals surface area (Å²) in [4.78, 5) is 36.5. The molecular weight excluding hydrogens is 368 g/mol. The fraction of sp³-hybridized carbons (Fsp3) is 0.333. The van der Waals surface area contributed by atoms with Crippen LogP contribution in [0.25, 0.3) is 11.4 Å². The van der Waals surface area contributed by atoms with Crippen LogP contribution in [-0.2, 0) is 0 Å². The third-order valence-corrected chi connectivity index (χ3v) is 4.41. The van der Waals surface area contributed by atoms with Gasteiger partial charge in [0.25, 0.3) is 5.91 Å². The Kier molecular flexibility index (Phi) is 6.43. The fourth-order valence-corrected chi connectivity index (χ4v) is 2.88. The molecule has 1 atom stereocenters. The average Bonchev–Trinajstić information content (AvgIpc) is 2.74. The Balaban J connectivity index is 1.81. The van der Waals surface area contributed by atoms with Crippen molar-refractivity contribution in [2.45, 2.75) is 33.7 Å². The zero-order valence-corrected chi connectivity index (χ0v) is 17.0. The van der Waals surface area contributed by atoms with Crippen LogP contribution in [-0.4, -0.2) is 54.9 Å². The summed E-state index contributed by atoms with van der Waals surface area (Å²) in [6.07, 6.45) is 6.51. The van der Waals surface area contributed by atoms with Gasteiger partial charge in [-0.15, -0.1) is 0 Å². The van der Waals surface area contributed by atoms with Crippen LogP contribution in [0.15, 0.2) is 43.0 Å². The van der Waals surface area contributed by atoms with Crippen molar-refractivity contribution in [3.63, 3.8) is 0 Å². The highest BCUT2D eigenvalue weighted by atomic mass is 16.5. The molecule has 0 aliphatic rings. The van der Waals surface area contributed by atoms with Gasteiger partial charge in [-0.3, -0.25) is 9.78 Å². The van der Waals surface area contributed by atoms with E-state index in [4.69, 9.17) is 4.74 Å². The van der Waals surface area contributed by atoms with Crippen molar-refractivity contribution in [2.24, 2.45) is 0 Å². The number of aryl methyl sites for hydroxylation is 2. The molecule has 3 heterocycles. The summed E-state index contributed by atoms with van der Waals surface area (Å²) in [5, 5.41) is 0. The van der Waals surface area contributed by atoms with Gasteiger partial charge in [-0.1, -0.05) is 0 Å². The first-order valence-electron chi connectivity index (χ1n) is 9.47. The van der Waals surface area contributed by atoms with E-state index in [1.54, 1.807) is 35.8 Å². The van der Waals surface area contributed by atoms with Crippen molar-refractivity contribution in [1.82, 2.24) is 29.8 Å². The second kappa shape index (κ2) is 9.18. The molecule has 0 fully saturated rings. The highest BCUT2D eigenvalue weighted by molar-refractivity contribution is 5.98. The first-order chi connectivity index (χ1) is 14.0. The Morgan fingerprint density at radius 2 is 1.83 bits per heavy atom. The number of carbonyl (C=O) groups is 1. The van der Waals surface area contributed by atoms with Gasteiger partial charge >= 0.3 is 0 Å². The highest BCUT2D eigenvalue weighted by Crippen LogP contribution is 2.21. The van der Waals surface area contributed by atoms with Crippen LogP contribution in [0.5, 0.6) is 5.88 Å². The van der Waals surface area contributed by atoms with Gasteiger partial charge in [0.15, 0.2) is 5.82 Å². The van der Waals surface area contributed by atoms with E-state index >= 15 is 0 Å². The normalized spacial score (nSPS) is 11.7. The summed E-state index contributed by atoms with van der Waals surface area (Å²) in [7, 11) is 0. The minimum Gasteiger partial charge on any atom is -0.474 e. The summed E-state index contributed by atoms with van der Waals surface area (Å²) in [5.41, 5.74) is 2.51. The molecule has 0 aliphatic heterocycles. The van der Waals surface area contributed by atoms with E-state index in [2.05, 4.69) is 24.9 Å². The van der Waals surface area contributed by atoms with Crippen molar-refractivity contribution in [3.05, 3.63) is 60.1 Å². The fourth-order valence-electron chi connectivity index (χ4n) is 2.88. The maximum absolute atomic E-state index is 13.3. The Hall–Kier alpha value is -3.42. The van der Waals surface area contributed by atoms with Gasteiger partial charge in [0.1, 0.15) is 12.3 Å². The van der Waals surface area contributed by atoms with Gasteiger partial charge in [0, 0.05) is 24.6 Å². The first-order valence-corrected chi connectivity index (χ1v) is 9.47. The van der Waals surface area contributed by atoms with Crippen LogP contribution in [0.2, 0.25) is 0 Å². The minimum atomic E-state index is -0.192. The van der Waals surface area contributed by atoms with Crippen molar-refractivity contribution in [2.75, 3.05) is 13.2 Å². The minimum absolute atomic E-state index is 0.190. The number of hydrogen-bond acceptors (Lipinski definition) is 7. The number of aromatic nitrogens is 5. The van der Waals surface area contributed by atoms with E-state index < -0.39 is 0 Å². The maximum atomic E-state index is 13.3. The number of rotatable bonds is 7. The summed E-state index contributed by atoms with van der Waals surface area (Å²) in [6, 6.07) is 5.23. The molecule has 0 aliphatic carbocycles. The average molecular weight is 392 g/mol. The molecule has 8 nitrogen and oxygen atoms in total. The van der Waals surface area contributed by atoms with Gasteiger partial charge in [0.2, 0.25) is 5.88 Å². The molecule has 0 saturated heterocycles. The van der Waals surface area contributed by atoms with Gasteiger partial charge in [-0.05, 0) is 45.9 Å². The molecule has 3 rings (SSSR count). The van der Waals surface area contributed by atoms with Crippen LogP contribution in [0, 0.1) is 13.8 Å². The molecule has 0 aromatic carbocycles. The lowest BCUT2D eigenvalue weighted by Gasteiger charge is -2.28. The Morgan fingerprint density at radius 1 is 1.07 bits per heavy atom. The molecule has 0 radical (unpaired) electrons. The van der Waals surface area contributed by atoms with E-state index in [1.807, 2.05) is 39.8 Å². The number of pyridine rings is 1. The lowest BCUT2D eigenvalue weighted by molar-refractivity contribution is 0.0641. The van der Waals surface area contributed by atoms with E-state index in [1.165, 1.54) is 0 Å². The van der Waals surface area contributed by atoms with E-state index in [-0.39, 0.29) is 11.9 Å². The molecule has 0 unspecified atom stereocenters. The standard InChI is InChI=1S/C21H24N6O2/c1-5-27(16(4)13-29-18-12-24-15(3)11-25-18)21(28)19-17(8-7-14(2)26-19)20-22-9-6-10-23-20/h6-12,16H,5,13H2,1-4H3/t16-/m0/s1. The molecule has 8 heteroatoms. The third kappa shape index (κ3) is 4.90. The first kappa shape index (κ1) is 20.3. The second-order valence-electron chi connectivity index (χ2n) is 6.67. The second-order valence-corrected chi connectivity index (χ2v) is 6.67. The molecule has 1 amide bonds. The van der Waals surface area contributed by atoms with Gasteiger partial charge in [0.05, 0.1) is 29.7 Å². The molecule has 3 aromatic rings.